The quantitative estimate of drug-likeness (QED) is 0.840. The third-order valence-electron chi connectivity index (χ3n) is 2.05. The molecule has 0 saturated heterocycles. The Hall–Kier alpha value is -0.680. The molecule has 0 fully saturated rings. The van der Waals surface area contributed by atoms with Crippen LogP contribution in [0.4, 0.5) is 5.69 Å². The van der Waals surface area contributed by atoms with Crippen molar-refractivity contribution in [3.05, 3.63) is 28.2 Å². The molecule has 0 bridgehead atoms. The Balaban J connectivity index is 2.69. The summed E-state index contributed by atoms with van der Waals surface area (Å²) in [6.07, 6.45) is 2.01. The number of carbonyl (C=O) groups excluding carboxylic acids is 1. The molecule has 0 aromatic heterocycles. The monoisotopic (exact) mass is 302 g/mol. The molecule has 1 aromatic rings. The summed E-state index contributed by atoms with van der Waals surface area (Å²) in [5, 5.41) is 2.91. The van der Waals surface area contributed by atoms with Crippen molar-refractivity contribution in [1.82, 2.24) is 5.32 Å². The second-order valence-electron chi connectivity index (χ2n) is 3.57. The van der Waals surface area contributed by atoms with E-state index >= 15 is 0 Å². The van der Waals surface area contributed by atoms with Gasteiger partial charge in [-0.2, -0.15) is 11.8 Å². The molecule has 1 aromatic carbocycles. The number of benzene rings is 1. The molecule has 1 atom stereocenters. The number of carbonyl (C=O) groups is 1. The highest BCUT2D eigenvalue weighted by Crippen LogP contribution is 2.20. The Kier molecular flexibility index (Phi) is 5.15. The summed E-state index contributed by atoms with van der Waals surface area (Å²) in [7, 11) is 0. The topological polar surface area (TPSA) is 55.1 Å². The maximum atomic E-state index is 11.8. The molecule has 0 radical (unpaired) electrons. The Bertz CT molecular complexity index is 384. The van der Waals surface area contributed by atoms with Crippen molar-refractivity contribution >= 4 is 39.3 Å². The van der Waals surface area contributed by atoms with Crippen LogP contribution in [0, 0.1) is 0 Å². The van der Waals surface area contributed by atoms with Crippen molar-refractivity contribution in [2.24, 2.45) is 0 Å². The first-order valence-electron chi connectivity index (χ1n) is 4.89. The van der Waals surface area contributed by atoms with Gasteiger partial charge in [0.25, 0.3) is 5.91 Å². The SMILES string of the molecule is CSCC(C)NC(=O)c1ccc(Br)c(N)c1. The van der Waals surface area contributed by atoms with Crippen LogP contribution < -0.4 is 11.1 Å². The average Bonchev–Trinajstić information content (AvgIpc) is 2.22. The highest BCUT2D eigenvalue weighted by atomic mass is 79.9. The maximum Gasteiger partial charge on any atom is 0.251 e. The number of halogens is 1. The maximum absolute atomic E-state index is 11.8. The standard InChI is InChI=1S/C11H15BrN2OS/c1-7(6-16-2)14-11(15)8-3-4-9(12)10(13)5-8/h3-5,7H,6,13H2,1-2H3,(H,14,15). The molecule has 0 saturated carbocycles. The Morgan fingerprint density at radius 1 is 1.62 bits per heavy atom. The van der Waals surface area contributed by atoms with Crippen molar-refractivity contribution in [2.75, 3.05) is 17.7 Å². The van der Waals surface area contributed by atoms with Crippen LogP contribution in [0.15, 0.2) is 22.7 Å². The summed E-state index contributed by atoms with van der Waals surface area (Å²) in [6.45, 7) is 1.98. The molecule has 1 unspecified atom stereocenters. The van der Waals surface area contributed by atoms with Gasteiger partial charge >= 0.3 is 0 Å². The van der Waals surface area contributed by atoms with E-state index in [1.807, 2.05) is 13.2 Å². The lowest BCUT2D eigenvalue weighted by Gasteiger charge is -2.12. The highest BCUT2D eigenvalue weighted by Gasteiger charge is 2.10. The Morgan fingerprint density at radius 3 is 2.88 bits per heavy atom. The van der Waals surface area contributed by atoms with E-state index in [0.29, 0.717) is 11.3 Å². The lowest BCUT2D eigenvalue weighted by atomic mass is 10.2. The Morgan fingerprint density at radius 2 is 2.31 bits per heavy atom. The number of thioether (sulfide) groups is 1. The summed E-state index contributed by atoms with van der Waals surface area (Å²) < 4.78 is 0.807. The number of nitrogens with one attached hydrogen (secondary N) is 1. The van der Waals surface area contributed by atoms with Gasteiger partial charge in [-0.1, -0.05) is 0 Å². The van der Waals surface area contributed by atoms with Crippen LogP contribution in [-0.2, 0) is 0 Å². The van der Waals surface area contributed by atoms with Gasteiger partial charge in [0.15, 0.2) is 0 Å². The van der Waals surface area contributed by atoms with Crippen molar-refractivity contribution in [3.63, 3.8) is 0 Å². The smallest absolute Gasteiger partial charge is 0.251 e. The molecule has 0 aliphatic carbocycles. The minimum absolute atomic E-state index is 0.0826. The molecular weight excluding hydrogens is 288 g/mol. The van der Waals surface area contributed by atoms with Crippen LogP contribution >= 0.6 is 27.7 Å². The second kappa shape index (κ2) is 6.15. The first-order chi connectivity index (χ1) is 7.54. The summed E-state index contributed by atoms with van der Waals surface area (Å²) >= 11 is 5.00. The lowest BCUT2D eigenvalue weighted by molar-refractivity contribution is 0.0944. The highest BCUT2D eigenvalue weighted by molar-refractivity contribution is 9.10. The van der Waals surface area contributed by atoms with E-state index in [4.69, 9.17) is 5.73 Å². The molecule has 1 amide bonds. The third kappa shape index (κ3) is 3.72. The zero-order valence-corrected chi connectivity index (χ0v) is 11.7. The average molecular weight is 303 g/mol. The zero-order valence-electron chi connectivity index (χ0n) is 9.29. The number of amides is 1. The molecule has 16 heavy (non-hydrogen) atoms. The van der Waals surface area contributed by atoms with Gasteiger partial charge in [0.05, 0.1) is 0 Å². The molecule has 0 aliphatic heterocycles. The minimum atomic E-state index is -0.0826. The fourth-order valence-corrected chi connectivity index (χ4v) is 2.11. The van der Waals surface area contributed by atoms with E-state index in [9.17, 15) is 4.79 Å². The van der Waals surface area contributed by atoms with E-state index in [2.05, 4.69) is 21.2 Å². The molecular formula is C11H15BrN2OS. The van der Waals surface area contributed by atoms with Gasteiger partial charge in [0.1, 0.15) is 0 Å². The number of nitrogen functional groups attached to an aromatic ring is 1. The van der Waals surface area contributed by atoms with Crippen LogP contribution in [0.1, 0.15) is 17.3 Å². The van der Waals surface area contributed by atoms with Crippen LogP contribution in [0.2, 0.25) is 0 Å². The van der Waals surface area contributed by atoms with Gasteiger partial charge < -0.3 is 11.1 Å². The van der Waals surface area contributed by atoms with E-state index in [0.717, 1.165) is 10.2 Å². The van der Waals surface area contributed by atoms with Gasteiger partial charge in [-0.05, 0) is 47.3 Å². The van der Waals surface area contributed by atoms with Gasteiger partial charge in [0.2, 0.25) is 0 Å². The second-order valence-corrected chi connectivity index (χ2v) is 5.33. The van der Waals surface area contributed by atoms with Gasteiger partial charge in [-0.25, -0.2) is 0 Å². The number of nitrogens with two attached hydrogens (primary N) is 1. The van der Waals surface area contributed by atoms with E-state index in [1.54, 1.807) is 30.0 Å². The molecule has 3 nitrogen and oxygen atoms in total. The van der Waals surface area contributed by atoms with Gasteiger partial charge in [0, 0.05) is 27.5 Å². The van der Waals surface area contributed by atoms with Crippen molar-refractivity contribution in [3.8, 4) is 0 Å². The fraction of sp³-hybridized carbons (Fsp3) is 0.364. The fourth-order valence-electron chi connectivity index (χ4n) is 1.28. The van der Waals surface area contributed by atoms with Gasteiger partial charge in [-0.15, -0.1) is 0 Å². The molecule has 88 valence electrons. The summed E-state index contributed by atoms with van der Waals surface area (Å²) in [5.74, 6) is 0.818. The molecule has 3 N–H and O–H groups in total. The first-order valence-corrected chi connectivity index (χ1v) is 7.08. The van der Waals surface area contributed by atoms with Crippen LogP contribution in [-0.4, -0.2) is 24.0 Å². The van der Waals surface area contributed by atoms with Crippen LogP contribution in [0.5, 0.6) is 0 Å². The van der Waals surface area contributed by atoms with E-state index in [-0.39, 0.29) is 11.9 Å². The summed E-state index contributed by atoms with van der Waals surface area (Å²) in [5.41, 5.74) is 6.88. The van der Waals surface area contributed by atoms with E-state index in [1.165, 1.54) is 0 Å². The molecule has 1 rings (SSSR count). The first kappa shape index (κ1) is 13.4. The molecule has 0 spiro atoms. The minimum Gasteiger partial charge on any atom is -0.398 e. The van der Waals surface area contributed by atoms with Crippen molar-refractivity contribution in [2.45, 2.75) is 13.0 Å². The van der Waals surface area contributed by atoms with Gasteiger partial charge in [-0.3, -0.25) is 4.79 Å². The number of hydrogen-bond donors (Lipinski definition) is 2. The lowest BCUT2D eigenvalue weighted by Crippen LogP contribution is -2.34. The largest absolute Gasteiger partial charge is 0.398 e. The third-order valence-corrected chi connectivity index (χ3v) is 3.61. The van der Waals surface area contributed by atoms with Crippen molar-refractivity contribution in [1.29, 1.82) is 0 Å². The zero-order chi connectivity index (χ0) is 12.1. The van der Waals surface area contributed by atoms with Crippen LogP contribution in [0.3, 0.4) is 0 Å². The summed E-state index contributed by atoms with van der Waals surface area (Å²) in [6, 6.07) is 5.36. The van der Waals surface area contributed by atoms with E-state index < -0.39 is 0 Å². The summed E-state index contributed by atoms with van der Waals surface area (Å²) in [4.78, 5) is 11.8. The number of rotatable bonds is 4. The van der Waals surface area contributed by atoms with Crippen LogP contribution in [0.25, 0.3) is 0 Å². The van der Waals surface area contributed by atoms with Crippen molar-refractivity contribution < 1.29 is 4.79 Å². The number of anilines is 1. The molecule has 0 heterocycles. The predicted molar refractivity (Wildman–Crippen MR) is 73.9 cm³/mol. The molecule has 5 heteroatoms. The molecule has 0 aliphatic rings. The normalized spacial score (nSPS) is 12.2. The number of hydrogen-bond acceptors (Lipinski definition) is 3. The Labute approximate surface area is 108 Å². The predicted octanol–water partition coefficient (Wildman–Crippen LogP) is 2.51.